The zero-order chi connectivity index (χ0) is 16.0. The van der Waals surface area contributed by atoms with Gasteiger partial charge in [0.25, 0.3) is 10.1 Å². The Morgan fingerprint density at radius 2 is 1.67 bits per heavy atom. The van der Waals surface area contributed by atoms with E-state index < -0.39 is 46.1 Å². The number of rotatable bonds is 8. The second-order valence-corrected chi connectivity index (χ2v) is 6.14. The Morgan fingerprint density at radius 1 is 1.10 bits per heavy atom. The molecule has 3 N–H and O–H groups in total. The minimum absolute atomic E-state index is 0.222. The van der Waals surface area contributed by atoms with Crippen LogP contribution in [0.2, 0.25) is 0 Å². The summed E-state index contributed by atoms with van der Waals surface area (Å²) in [5, 5.41) is 17.9. The molecule has 0 aliphatic carbocycles. The fourth-order valence-corrected chi connectivity index (χ4v) is 3.03. The number of carboxylic acids is 2. The summed E-state index contributed by atoms with van der Waals surface area (Å²) in [4.78, 5) is 22.0. The van der Waals surface area contributed by atoms with Crippen molar-refractivity contribution in [2.45, 2.75) is 18.8 Å². The monoisotopic (exact) mass is 316 g/mol. The summed E-state index contributed by atoms with van der Waals surface area (Å²) in [7, 11) is -4.40. The van der Waals surface area contributed by atoms with Crippen molar-refractivity contribution in [2.24, 2.45) is 5.92 Å². The van der Waals surface area contributed by atoms with Gasteiger partial charge in [-0.15, -0.1) is 0 Å². The van der Waals surface area contributed by atoms with Gasteiger partial charge in [-0.05, 0) is 12.0 Å². The first-order valence-electron chi connectivity index (χ1n) is 6.15. The van der Waals surface area contributed by atoms with E-state index in [1.165, 1.54) is 0 Å². The maximum atomic E-state index is 11.3. The quantitative estimate of drug-likeness (QED) is 0.615. The molecule has 0 saturated heterocycles. The number of hydrogen-bond donors (Lipinski definition) is 3. The lowest BCUT2D eigenvalue weighted by atomic mass is 9.84. The van der Waals surface area contributed by atoms with E-state index in [4.69, 9.17) is 9.66 Å². The van der Waals surface area contributed by atoms with Gasteiger partial charge in [0.15, 0.2) is 0 Å². The molecule has 1 rings (SSSR count). The van der Waals surface area contributed by atoms with E-state index >= 15 is 0 Å². The Labute approximate surface area is 122 Å². The highest BCUT2D eigenvalue weighted by atomic mass is 32.2. The van der Waals surface area contributed by atoms with Gasteiger partial charge in [0.05, 0.1) is 11.7 Å². The molecule has 0 radical (unpaired) electrons. The fraction of sp³-hybridized carbons (Fsp3) is 0.385. The Kier molecular flexibility index (Phi) is 5.86. The molecular weight excluding hydrogens is 300 g/mol. The molecule has 0 fully saturated rings. The van der Waals surface area contributed by atoms with Crippen LogP contribution in [0, 0.1) is 5.92 Å². The predicted molar refractivity (Wildman–Crippen MR) is 73.6 cm³/mol. The molecule has 1 aromatic rings. The molecule has 8 heteroatoms. The van der Waals surface area contributed by atoms with Crippen LogP contribution in [0.1, 0.15) is 24.3 Å². The lowest BCUT2D eigenvalue weighted by molar-refractivity contribution is -0.143. The maximum absolute atomic E-state index is 11.3. The lowest BCUT2D eigenvalue weighted by Crippen LogP contribution is -2.28. The highest BCUT2D eigenvalue weighted by Gasteiger charge is 2.33. The molecular formula is C13H16O7S. The standard InChI is InChI=1S/C13H16O7S/c14-12(15)7-6-10(13(16)17)11(8-21(18,19)20)9-4-2-1-3-5-9/h1-5,10-11H,6-8H2,(H,14,15)(H,16,17)(H,18,19,20). The molecule has 21 heavy (non-hydrogen) atoms. The first-order chi connectivity index (χ1) is 9.70. The first kappa shape index (κ1) is 17.1. The number of carboxylic acid groups (broad SMARTS) is 2. The van der Waals surface area contributed by atoms with Crippen molar-refractivity contribution >= 4 is 22.1 Å². The summed E-state index contributed by atoms with van der Waals surface area (Å²) in [6, 6.07) is 8.00. The van der Waals surface area contributed by atoms with Crippen LogP contribution in [0.5, 0.6) is 0 Å². The van der Waals surface area contributed by atoms with Crippen LogP contribution < -0.4 is 0 Å². The smallest absolute Gasteiger partial charge is 0.307 e. The number of benzene rings is 1. The summed E-state index contributed by atoms with van der Waals surface area (Å²) in [6.45, 7) is 0. The topological polar surface area (TPSA) is 129 Å². The van der Waals surface area contributed by atoms with Crippen molar-refractivity contribution in [1.82, 2.24) is 0 Å². The highest BCUT2D eigenvalue weighted by Crippen LogP contribution is 2.30. The molecule has 2 unspecified atom stereocenters. The van der Waals surface area contributed by atoms with E-state index in [2.05, 4.69) is 0 Å². The van der Waals surface area contributed by atoms with Gasteiger partial charge in [-0.2, -0.15) is 8.42 Å². The average molecular weight is 316 g/mol. The second-order valence-electron chi connectivity index (χ2n) is 4.64. The van der Waals surface area contributed by atoms with Crippen molar-refractivity contribution in [1.29, 1.82) is 0 Å². The van der Waals surface area contributed by atoms with Gasteiger partial charge in [-0.25, -0.2) is 0 Å². The molecule has 0 aromatic heterocycles. The molecule has 0 aliphatic heterocycles. The van der Waals surface area contributed by atoms with E-state index in [1.54, 1.807) is 30.3 Å². The Bertz CT molecular complexity index is 594. The van der Waals surface area contributed by atoms with Crippen molar-refractivity contribution in [2.75, 3.05) is 5.75 Å². The maximum Gasteiger partial charge on any atom is 0.307 e. The molecule has 116 valence electrons. The Balaban J connectivity index is 3.12. The van der Waals surface area contributed by atoms with Gasteiger partial charge in [0, 0.05) is 12.3 Å². The first-order valence-corrected chi connectivity index (χ1v) is 7.76. The Morgan fingerprint density at radius 3 is 2.10 bits per heavy atom. The van der Waals surface area contributed by atoms with Crippen molar-refractivity contribution in [3.63, 3.8) is 0 Å². The largest absolute Gasteiger partial charge is 0.481 e. The van der Waals surface area contributed by atoms with Gasteiger partial charge in [0.1, 0.15) is 0 Å². The molecule has 7 nitrogen and oxygen atoms in total. The SMILES string of the molecule is O=C(O)CCC(C(=O)O)C(CS(=O)(=O)O)c1ccccc1. The normalized spacial score (nSPS) is 14.3. The van der Waals surface area contributed by atoms with Crippen LogP contribution in [0.25, 0.3) is 0 Å². The Hall–Kier alpha value is -1.93. The van der Waals surface area contributed by atoms with Crippen LogP contribution in [-0.2, 0) is 19.7 Å². The summed E-state index contributed by atoms with van der Waals surface area (Å²) in [5.41, 5.74) is 0.424. The van der Waals surface area contributed by atoms with E-state index in [-0.39, 0.29) is 6.42 Å². The van der Waals surface area contributed by atoms with Crippen molar-refractivity contribution in [3.8, 4) is 0 Å². The average Bonchev–Trinajstić information content (AvgIpc) is 2.36. The molecule has 0 spiro atoms. The number of carbonyl (C=O) groups is 2. The second kappa shape index (κ2) is 7.19. The molecule has 0 heterocycles. The van der Waals surface area contributed by atoms with E-state index in [1.807, 2.05) is 0 Å². The van der Waals surface area contributed by atoms with Crippen LogP contribution in [0.4, 0.5) is 0 Å². The van der Waals surface area contributed by atoms with Crippen LogP contribution in [0.15, 0.2) is 30.3 Å². The van der Waals surface area contributed by atoms with E-state index in [0.717, 1.165) is 0 Å². The van der Waals surface area contributed by atoms with E-state index in [9.17, 15) is 23.1 Å². The molecule has 0 amide bonds. The third-order valence-corrected chi connectivity index (χ3v) is 3.87. The molecule has 2 atom stereocenters. The third-order valence-electron chi connectivity index (χ3n) is 3.09. The fourth-order valence-electron chi connectivity index (χ4n) is 2.15. The summed E-state index contributed by atoms with van der Waals surface area (Å²) >= 11 is 0. The zero-order valence-corrected chi connectivity index (χ0v) is 11.9. The summed E-state index contributed by atoms with van der Waals surface area (Å²) in [5.74, 6) is -5.47. The molecule has 0 saturated carbocycles. The van der Waals surface area contributed by atoms with Gasteiger partial charge in [-0.1, -0.05) is 30.3 Å². The predicted octanol–water partition coefficient (Wildman–Crippen LogP) is 1.22. The van der Waals surface area contributed by atoms with Gasteiger partial charge >= 0.3 is 11.9 Å². The molecule has 1 aromatic carbocycles. The molecule has 0 bridgehead atoms. The summed E-state index contributed by atoms with van der Waals surface area (Å²) in [6.07, 6.45) is -0.620. The van der Waals surface area contributed by atoms with Crippen LogP contribution in [0.3, 0.4) is 0 Å². The minimum Gasteiger partial charge on any atom is -0.481 e. The third kappa shape index (κ3) is 5.92. The van der Waals surface area contributed by atoms with Gasteiger partial charge < -0.3 is 10.2 Å². The lowest BCUT2D eigenvalue weighted by Gasteiger charge is -2.23. The molecule has 0 aliphatic rings. The van der Waals surface area contributed by atoms with Crippen molar-refractivity contribution in [3.05, 3.63) is 35.9 Å². The van der Waals surface area contributed by atoms with Crippen molar-refractivity contribution < 1.29 is 32.8 Å². The number of hydrogen-bond acceptors (Lipinski definition) is 4. The number of aliphatic carboxylic acids is 2. The highest BCUT2D eigenvalue weighted by molar-refractivity contribution is 7.85. The van der Waals surface area contributed by atoms with Gasteiger partial charge in [-0.3, -0.25) is 14.1 Å². The summed E-state index contributed by atoms with van der Waals surface area (Å²) < 4.78 is 31.3. The van der Waals surface area contributed by atoms with Gasteiger partial charge in [0.2, 0.25) is 0 Å². The van der Waals surface area contributed by atoms with E-state index in [0.29, 0.717) is 5.56 Å². The van der Waals surface area contributed by atoms with Crippen LogP contribution >= 0.6 is 0 Å². The minimum atomic E-state index is -4.40. The van der Waals surface area contributed by atoms with Crippen LogP contribution in [-0.4, -0.2) is 40.9 Å². The zero-order valence-electron chi connectivity index (χ0n) is 11.0.